The van der Waals surface area contributed by atoms with E-state index in [0.29, 0.717) is 19.4 Å². The van der Waals surface area contributed by atoms with Crippen molar-refractivity contribution in [2.45, 2.75) is 31.1 Å². The standard InChI is InChI=1S/C14H22N2O3S/c1-10(20(2)19)7-8-16-14(18)13(15)9-11-3-5-12(17)6-4-11/h3-6,10,13,17H,7-9,15H2,1-2H3,(H,16,18)/t10?,13-,20?/m1/s1. The van der Waals surface area contributed by atoms with Gasteiger partial charge in [0.2, 0.25) is 5.91 Å². The molecule has 0 saturated heterocycles. The van der Waals surface area contributed by atoms with E-state index < -0.39 is 16.8 Å². The van der Waals surface area contributed by atoms with Gasteiger partial charge in [0.1, 0.15) is 5.75 Å². The number of rotatable bonds is 7. The monoisotopic (exact) mass is 298 g/mol. The van der Waals surface area contributed by atoms with E-state index in [0.717, 1.165) is 5.56 Å². The van der Waals surface area contributed by atoms with Crippen LogP contribution in [0, 0.1) is 0 Å². The third-order valence-electron chi connectivity index (χ3n) is 3.15. The Labute approximate surface area is 122 Å². The molecule has 1 aromatic rings. The molecule has 0 aromatic heterocycles. The molecular formula is C14H22N2O3S. The lowest BCUT2D eigenvalue weighted by Gasteiger charge is -2.14. The van der Waals surface area contributed by atoms with Gasteiger partial charge in [-0.25, -0.2) is 0 Å². The van der Waals surface area contributed by atoms with E-state index in [1.165, 1.54) is 0 Å². The average Bonchev–Trinajstić information content (AvgIpc) is 2.40. The molecule has 6 heteroatoms. The first-order valence-corrected chi connectivity index (χ1v) is 8.15. The molecule has 0 heterocycles. The third-order valence-corrected chi connectivity index (χ3v) is 4.51. The van der Waals surface area contributed by atoms with Gasteiger partial charge in [0.05, 0.1) is 6.04 Å². The molecule has 0 aliphatic heterocycles. The number of aromatic hydroxyl groups is 1. The highest BCUT2D eigenvalue weighted by atomic mass is 32.2. The molecule has 0 radical (unpaired) electrons. The molecule has 4 N–H and O–H groups in total. The molecule has 1 aromatic carbocycles. The van der Waals surface area contributed by atoms with Crippen molar-refractivity contribution in [2.24, 2.45) is 5.73 Å². The minimum atomic E-state index is -0.876. The Morgan fingerprint density at radius 3 is 2.55 bits per heavy atom. The summed E-state index contributed by atoms with van der Waals surface area (Å²) in [5.74, 6) is -0.0273. The number of hydrogen-bond acceptors (Lipinski definition) is 4. The molecule has 1 amide bonds. The molecule has 112 valence electrons. The number of nitrogens with two attached hydrogens (primary N) is 1. The molecule has 0 saturated carbocycles. The maximum Gasteiger partial charge on any atom is 0.237 e. The first-order chi connectivity index (χ1) is 9.40. The number of phenolic OH excluding ortho intramolecular Hbond substituents is 1. The Kier molecular flexibility index (Phi) is 6.67. The lowest BCUT2D eigenvalue weighted by atomic mass is 10.1. The van der Waals surface area contributed by atoms with Gasteiger partial charge in [-0.3, -0.25) is 9.00 Å². The topological polar surface area (TPSA) is 92.4 Å². The lowest BCUT2D eigenvalue weighted by Crippen LogP contribution is -2.42. The number of benzene rings is 1. The van der Waals surface area contributed by atoms with Crippen LogP contribution >= 0.6 is 0 Å². The van der Waals surface area contributed by atoms with E-state index in [1.807, 2.05) is 6.92 Å². The summed E-state index contributed by atoms with van der Waals surface area (Å²) in [6.07, 6.45) is 2.74. The zero-order valence-corrected chi connectivity index (χ0v) is 12.7. The van der Waals surface area contributed by atoms with Crippen molar-refractivity contribution in [3.63, 3.8) is 0 Å². The molecule has 0 bridgehead atoms. The Balaban J connectivity index is 2.35. The fraction of sp³-hybridized carbons (Fsp3) is 0.500. The van der Waals surface area contributed by atoms with Crippen LogP contribution in [-0.2, 0) is 22.0 Å². The summed E-state index contributed by atoms with van der Waals surface area (Å²) in [5, 5.41) is 12.0. The molecule has 5 nitrogen and oxygen atoms in total. The second kappa shape index (κ2) is 8.01. The molecular weight excluding hydrogens is 276 g/mol. The van der Waals surface area contributed by atoms with E-state index in [1.54, 1.807) is 30.5 Å². The highest BCUT2D eigenvalue weighted by Crippen LogP contribution is 2.10. The molecule has 1 rings (SSSR count). The Morgan fingerprint density at radius 2 is 2.00 bits per heavy atom. The van der Waals surface area contributed by atoms with Gasteiger partial charge in [-0.15, -0.1) is 0 Å². The largest absolute Gasteiger partial charge is 0.508 e. The van der Waals surface area contributed by atoms with Crippen LogP contribution in [-0.4, -0.2) is 39.3 Å². The van der Waals surface area contributed by atoms with Gasteiger partial charge in [-0.05, 0) is 30.5 Å². The van der Waals surface area contributed by atoms with Crippen LogP contribution in [0.25, 0.3) is 0 Å². The van der Waals surface area contributed by atoms with Crippen LogP contribution < -0.4 is 11.1 Å². The van der Waals surface area contributed by atoms with Gasteiger partial charge in [0, 0.05) is 28.9 Å². The van der Waals surface area contributed by atoms with Gasteiger partial charge in [-0.1, -0.05) is 19.1 Å². The minimum Gasteiger partial charge on any atom is -0.508 e. The summed E-state index contributed by atoms with van der Waals surface area (Å²) < 4.78 is 11.2. The molecule has 0 spiro atoms. The van der Waals surface area contributed by atoms with Crippen LogP contribution in [0.1, 0.15) is 18.9 Å². The summed E-state index contributed by atoms with van der Waals surface area (Å²) in [5.41, 5.74) is 6.73. The SMILES string of the molecule is CC(CCNC(=O)[C@H](N)Cc1ccc(O)cc1)S(C)=O. The van der Waals surface area contributed by atoms with Crippen LogP contribution in [0.3, 0.4) is 0 Å². The Bertz CT molecular complexity index is 462. The highest BCUT2D eigenvalue weighted by molar-refractivity contribution is 7.84. The molecule has 0 aliphatic rings. The van der Waals surface area contributed by atoms with Crippen LogP contribution in [0.4, 0.5) is 0 Å². The summed E-state index contributed by atoms with van der Waals surface area (Å²) in [7, 11) is -0.876. The fourth-order valence-electron chi connectivity index (χ4n) is 1.67. The number of hydrogen-bond donors (Lipinski definition) is 3. The number of phenols is 1. The van der Waals surface area contributed by atoms with E-state index in [-0.39, 0.29) is 16.9 Å². The first-order valence-electron chi connectivity index (χ1n) is 6.53. The maximum atomic E-state index is 11.8. The van der Waals surface area contributed by atoms with Gasteiger partial charge in [0.25, 0.3) is 0 Å². The summed E-state index contributed by atoms with van der Waals surface area (Å²) in [6.45, 7) is 2.36. The Morgan fingerprint density at radius 1 is 1.40 bits per heavy atom. The van der Waals surface area contributed by atoms with E-state index in [4.69, 9.17) is 5.73 Å². The van der Waals surface area contributed by atoms with Crippen LogP contribution in [0.5, 0.6) is 5.75 Å². The lowest BCUT2D eigenvalue weighted by molar-refractivity contribution is -0.122. The first kappa shape index (κ1) is 16.7. The quantitative estimate of drug-likeness (QED) is 0.685. The number of carbonyl (C=O) groups is 1. The van der Waals surface area contributed by atoms with Crippen LogP contribution in [0.2, 0.25) is 0 Å². The van der Waals surface area contributed by atoms with Crippen molar-refractivity contribution in [3.05, 3.63) is 29.8 Å². The summed E-state index contributed by atoms with van der Waals surface area (Å²) in [4.78, 5) is 11.8. The van der Waals surface area contributed by atoms with Crippen molar-refractivity contribution in [2.75, 3.05) is 12.8 Å². The van der Waals surface area contributed by atoms with Crippen molar-refractivity contribution in [1.29, 1.82) is 0 Å². The van der Waals surface area contributed by atoms with Crippen molar-refractivity contribution in [1.82, 2.24) is 5.32 Å². The predicted molar refractivity (Wildman–Crippen MR) is 80.9 cm³/mol. The fourth-order valence-corrected chi connectivity index (χ4v) is 2.12. The third kappa shape index (κ3) is 5.71. The van der Waals surface area contributed by atoms with Crippen molar-refractivity contribution in [3.8, 4) is 5.75 Å². The molecule has 3 atom stereocenters. The second-order valence-electron chi connectivity index (χ2n) is 4.87. The summed E-state index contributed by atoms with van der Waals surface area (Å²) in [6, 6.07) is 5.99. The smallest absolute Gasteiger partial charge is 0.237 e. The molecule has 0 aliphatic carbocycles. The van der Waals surface area contributed by atoms with E-state index in [9.17, 15) is 14.1 Å². The van der Waals surface area contributed by atoms with Crippen molar-refractivity contribution >= 4 is 16.7 Å². The van der Waals surface area contributed by atoms with Crippen LogP contribution in [0.15, 0.2) is 24.3 Å². The van der Waals surface area contributed by atoms with Crippen molar-refractivity contribution < 1.29 is 14.1 Å². The van der Waals surface area contributed by atoms with Gasteiger partial charge in [0.15, 0.2) is 0 Å². The molecule has 2 unspecified atom stereocenters. The second-order valence-corrected chi connectivity index (χ2v) is 6.67. The van der Waals surface area contributed by atoms with E-state index >= 15 is 0 Å². The highest BCUT2D eigenvalue weighted by Gasteiger charge is 2.14. The molecule has 20 heavy (non-hydrogen) atoms. The van der Waals surface area contributed by atoms with Gasteiger partial charge in [-0.2, -0.15) is 0 Å². The number of nitrogens with one attached hydrogen (secondary N) is 1. The Hall–Kier alpha value is -1.40. The van der Waals surface area contributed by atoms with E-state index in [2.05, 4.69) is 5.32 Å². The normalized spacial score (nSPS) is 15.3. The summed E-state index contributed by atoms with van der Waals surface area (Å²) >= 11 is 0. The predicted octanol–water partition coefficient (Wildman–Crippen LogP) is 0.535. The zero-order valence-electron chi connectivity index (χ0n) is 11.8. The number of amides is 1. The molecule has 0 fully saturated rings. The maximum absolute atomic E-state index is 11.8. The number of carbonyl (C=O) groups excluding carboxylic acids is 1. The average molecular weight is 298 g/mol. The zero-order chi connectivity index (χ0) is 15.1. The minimum absolute atomic E-state index is 0.0589. The van der Waals surface area contributed by atoms with Gasteiger partial charge < -0.3 is 16.2 Å². The van der Waals surface area contributed by atoms with Gasteiger partial charge >= 0.3 is 0 Å².